The number of alkyl halides is 3. The number of hydrogen-bond donors (Lipinski definition) is 1. The molecule has 0 radical (unpaired) electrons. The molecule has 0 amide bonds. The molecule has 2 nitrogen and oxygen atoms in total. The topological polar surface area (TPSA) is 35.2 Å². The summed E-state index contributed by atoms with van der Waals surface area (Å²) in [7, 11) is 0. The van der Waals surface area contributed by atoms with Gasteiger partial charge in [-0.05, 0) is 6.42 Å². The highest BCUT2D eigenvalue weighted by Gasteiger charge is 2.47. The van der Waals surface area contributed by atoms with Gasteiger partial charge in [0.05, 0.1) is 0 Å². The molecule has 0 saturated carbocycles. The van der Waals surface area contributed by atoms with E-state index in [4.69, 9.17) is 5.73 Å². The van der Waals surface area contributed by atoms with E-state index < -0.39 is 18.3 Å². The first-order chi connectivity index (χ1) is 4.52. The van der Waals surface area contributed by atoms with Crippen LogP contribution in [0.15, 0.2) is 0 Å². The minimum Gasteiger partial charge on any atom is -0.367 e. The Morgan fingerprint density at radius 3 is 2.20 bits per heavy atom. The van der Waals surface area contributed by atoms with E-state index in [1.54, 1.807) is 0 Å². The highest BCUT2D eigenvalue weighted by Crippen LogP contribution is 2.29. The smallest absolute Gasteiger partial charge is 0.367 e. The van der Waals surface area contributed by atoms with Crippen molar-refractivity contribution >= 4 is 0 Å². The van der Waals surface area contributed by atoms with Crippen LogP contribution in [0.25, 0.3) is 0 Å². The summed E-state index contributed by atoms with van der Waals surface area (Å²) in [6.45, 7) is 0.116. The van der Waals surface area contributed by atoms with E-state index in [-0.39, 0.29) is 6.61 Å². The zero-order valence-electron chi connectivity index (χ0n) is 5.19. The maximum Gasteiger partial charge on any atom is 0.416 e. The number of halogens is 3. The first-order valence-electron chi connectivity index (χ1n) is 2.95. The summed E-state index contributed by atoms with van der Waals surface area (Å²) in [5.41, 5.74) is 5.12. The molecule has 1 heterocycles. The second-order valence-corrected chi connectivity index (χ2v) is 2.29. The van der Waals surface area contributed by atoms with E-state index in [1.165, 1.54) is 0 Å². The summed E-state index contributed by atoms with van der Waals surface area (Å²) >= 11 is 0. The van der Waals surface area contributed by atoms with Crippen LogP contribution in [-0.4, -0.2) is 24.9 Å². The molecular weight excluding hydrogens is 147 g/mol. The van der Waals surface area contributed by atoms with E-state index in [1.807, 2.05) is 0 Å². The fraction of sp³-hybridized carbons (Fsp3) is 1.00. The highest BCUT2D eigenvalue weighted by atomic mass is 19.4. The lowest BCUT2D eigenvalue weighted by atomic mass is 10.1. The van der Waals surface area contributed by atoms with Crippen molar-refractivity contribution in [1.82, 2.24) is 0 Å². The standard InChI is InChI=1S/C5H8F3NO/c6-5(7,8)4-3(9)1-2-10-4/h3-4H,1-2,9H2/t3-,4-/m0/s1. The Hall–Kier alpha value is -0.290. The molecule has 60 valence electrons. The van der Waals surface area contributed by atoms with Gasteiger partial charge >= 0.3 is 6.18 Å². The molecule has 1 rings (SSSR count). The summed E-state index contributed by atoms with van der Waals surface area (Å²) in [5.74, 6) is 0. The van der Waals surface area contributed by atoms with Crippen molar-refractivity contribution in [2.24, 2.45) is 5.73 Å². The van der Waals surface area contributed by atoms with Gasteiger partial charge in [0.15, 0.2) is 6.10 Å². The quantitative estimate of drug-likeness (QED) is 0.557. The Balaban J connectivity index is 2.55. The van der Waals surface area contributed by atoms with E-state index >= 15 is 0 Å². The van der Waals surface area contributed by atoms with Crippen LogP contribution in [0.1, 0.15) is 6.42 Å². The molecule has 0 bridgehead atoms. The molecule has 0 aromatic heterocycles. The third-order valence-corrected chi connectivity index (χ3v) is 1.46. The lowest BCUT2D eigenvalue weighted by Gasteiger charge is -2.17. The number of nitrogens with two attached hydrogens (primary N) is 1. The van der Waals surface area contributed by atoms with Crippen LogP contribution in [-0.2, 0) is 4.74 Å². The van der Waals surface area contributed by atoms with E-state index in [2.05, 4.69) is 4.74 Å². The van der Waals surface area contributed by atoms with Crippen molar-refractivity contribution in [3.63, 3.8) is 0 Å². The highest BCUT2D eigenvalue weighted by molar-refractivity contribution is 4.84. The Labute approximate surface area is 56.1 Å². The molecular formula is C5H8F3NO. The van der Waals surface area contributed by atoms with Gasteiger partial charge in [-0.1, -0.05) is 0 Å². The average Bonchev–Trinajstić information content (AvgIpc) is 2.11. The normalized spacial score (nSPS) is 34.8. The van der Waals surface area contributed by atoms with Gasteiger partial charge in [-0.2, -0.15) is 13.2 Å². The zero-order valence-corrected chi connectivity index (χ0v) is 5.19. The van der Waals surface area contributed by atoms with Crippen molar-refractivity contribution in [3.8, 4) is 0 Å². The Bertz CT molecular complexity index is 125. The van der Waals surface area contributed by atoms with Crippen LogP contribution >= 0.6 is 0 Å². The van der Waals surface area contributed by atoms with E-state index in [0.29, 0.717) is 6.42 Å². The van der Waals surface area contributed by atoms with Crippen molar-refractivity contribution < 1.29 is 17.9 Å². The minimum absolute atomic E-state index is 0.116. The van der Waals surface area contributed by atoms with Crippen LogP contribution in [0.3, 0.4) is 0 Å². The van der Waals surface area contributed by atoms with Crippen LogP contribution in [0.4, 0.5) is 13.2 Å². The fourth-order valence-corrected chi connectivity index (χ4v) is 0.943. The predicted octanol–water partition coefficient (Wildman–Crippen LogP) is 0.665. The molecule has 2 atom stereocenters. The van der Waals surface area contributed by atoms with Gasteiger partial charge in [0, 0.05) is 12.6 Å². The van der Waals surface area contributed by atoms with Crippen molar-refractivity contribution in [3.05, 3.63) is 0 Å². The maximum absolute atomic E-state index is 11.8. The molecule has 5 heteroatoms. The van der Waals surface area contributed by atoms with Gasteiger partial charge in [-0.25, -0.2) is 0 Å². The van der Waals surface area contributed by atoms with E-state index in [9.17, 15) is 13.2 Å². The van der Waals surface area contributed by atoms with E-state index in [0.717, 1.165) is 0 Å². The molecule has 10 heavy (non-hydrogen) atoms. The molecule has 1 aliphatic rings. The third-order valence-electron chi connectivity index (χ3n) is 1.46. The summed E-state index contributed by atoms with van der Waals surface area (Å²) in [5, 5.41) is 0. The molecule has 0 aromatic rings. The van der Waals surface area contributed by atoms with Crippen molar-refractivity contribution in [2.75, 3.05) is 6.61 Å². The number of ether oxygens (including phenoxy) is 1. The molecule has 1 fully saturated rings. The fourth-order valence-electron chi connectivity index (χ4n) is 0.943. The van der Waals surface area contributed by atoms with Crippen LogP contribution < -0.4 is 5.73 Å². The summed E-state index contributed by atoms with van der Waals surface area (Å²) < 4.78 is 39.8. The minimum atomic E-state index is -4.30. The van der Waals surface area contributed by atoms with Gasteiger partial charge in [0.1, 0.15) is 0 Å². The molecule has 2 N–H and O–H groups in total. The summed E-state index contributed by atoms with van der Waals surface area (Å²) in [6.07, 6.45) is -5.74. The van der Waals surface area contributed by atoms with Gasteiger partial charge in [0.25, 0.3) is 0 Å². The Morgan fingerprint density at radius 2 is 2.00 bits per heavy atom. The van der Waals surface area contributed by atoms with Gasteiger partial charge in [-0.3, -0.25) is 0 Å². The second kappa shape index (κ2) is 2.39. The lowest BCUT2D eigenvalue weighted by molar-refractivity contribution is -0.209. The first kappa shape index (κ1) is 7.81. The van der Waals surface area contributed by atoms with Crippen LogP contribution in [0.5, 0.6) is 0 Å². The molecule has 0 spiro atoms. The Kier molecular flexibility index (Phi) is 1.87. The second-order valence-electron chi connectivity index (χ2n) is 2.29. The largest absolute Gasteiger partial charge is 0.416 e. The molecule has 1 aliphatic heterocycles. The molecule has 0 aromatic carbocycles. The number of rotatable bonds is 0. The Morgan fingerprint density at radius 1 is 1.40 bits per heavy atom. The van der Waals surface area contributed by atoms with Crippen molar-refractivity contribution in [1.29, 1.82) is 0 Å². The summed E-state index contributed by atoms with van der Waals surface area (Å²) in [6, 6.07) is -0.875. The molecule has 0 aliphatic carbocycles. The average molecular weight is 155 g/mol. The maximum atomic E-state index is 11.8. The van der Waals surface area contributed by atoms with Gasteiger partial charge in [0.2, 0.25) is 0 Å². The lowest BCUT2D eigenvalue weighted by Crippen LogP contribution is -2.41. The number of hydrogen-bond acceptors (Lipinski definition) is 2. The predicted molar refractivity (Wildman–Crippen MR) is 28.4 cm³/mol. The third kappa shape index (κ3) is 1.41. The van der Waals surface area contributed by atoms with Gasteiger partial charge in [-0.15, -0.1) is 0 Å². The van der Waals surface area contributed by atoms with Crippen LogP contribution in [0.2, 0.25) is 0 Å². The van der Waals surface area contributed by atoms with Gasteiger partial charge < -0.3 is 10.5 Å². The first-order valence-corrected chi connectivity index (χ1v) is 2.95. The molecule has 1 saturated heterocycles. The van der Waals surface area contributed by atoms with Crippen molar-refractivity contribution in [2.45, 2.75) is 24.7 Å². The zero-order chi connectivity index (χ0) is 7.78. The SMILES string of the molecule is N[C@H]1CCO[C@@H]1C(F)(F)F. The van der Waals surface area contributed by atoms with Crippen LogP contribution in [0, 0.1) is 0 Å². The monoisotopic (exact) mass is 155 g/mol. The molecule has 0 unspecified atom stereocenters. The summed E-state index contributed by atoms with van der Waals surface area (Å²) in [4.78, 5) is 0.